The van der Waals surface area contributed by atoms with Crippen molar-refractivity contribution in [2.75, 3.05) is 25.9 Å². The maximum atomic E-state index is 5.22. The Bertz CT molecular complexity index is 460. The molecule has 0 bridgehead atoms. The number of hydrogen-bond donors (Lipinski definition) is 2. The SMILES string of the molecule is CN=C(NCCc1nc(C(C)C)no1)NCC1CCCS1.I. The summed E-state index contributed by atoms with van der Waals surface area (Å²) in [7, 11) is 1.79. The van der Waals surface area contributed by atoms with Crippen LogP contribution in [0.4, 0.5) is 0 Å². The molecule has 1 atom stereocenters. The topological polar surface area (TPSA) is 75.3 Å². The Labute approximate surface area is 153 Å². The predicted molar refractivity (Wildman–Crippen MR) is 102 cm³/mol. The van der Waals surface area contributed by atoms with Crippen molar-refractivity contribution in [3.8, 4) is 0 Å². The van der Waals surface area contributed by atoms with Crippen molar-refractivity contribution >= 4 is 41.7 Å². The lowest BCUT2D eigenvalue weighted by Crippen LogP contribution is -2.40. The standard InChI is InChI=1S/C14H25N5OS.HI/c1-10(2)13-18-12(20-19-13)6-7-16-14(15-3)17-9-11-5-4-8-21-11;/h10-11H,4-9H2,1-3H3,(H2,15,16,17);1H. The van der Waals surface area contributed by atoms with Crippen molar-refractivity contribution < 1.29 is 4.52 Å². The first-order chi connectivity index (χ1) is 10.2. The second kappa shape index (κ2) is 10.3. The fourth-order valence-corrected chi connectivity index (χ4v) is 3.33. The van der Waals surface area contributed by atoms with E-state index in [1.807, 2.05) is 11.8 Å². The number of nitrogens with one attached hydrogen (secondary N) is 2. The molecule has 2 N–H and O–H groups in total. The molecule has 0 saturated carbocycles. The van der Waals surface area contributed by atoms with Gasteiger partial charge in [0, 0.05) is 37.7 Å². The van der Waals surface area contributed by atoms with Gasteiger partial charge in [0.1, 0.15) is 0 Å². The predicted octanol–water partition coefficient (Wildman–Crippen LogP) is 2.41. The summed E-state index contributed by atoms with van der Waals surface area (Å²) < 4.78 is 5.22. The Morgan fingerprint density at radius 2 is 2.27 bits per heavy atom. The summed E-state index contributed by atoms with van der Waals surface area (Å²) in [4.78, 5) is 8.59. The molecule has 0 spiro atoms. The largest absolute Gasteiger partial charge is 0.356 e. The molecule has 0 aliphatic carbocycles. The Morgan fingerprint density at radius 1 is 1.45 bits per heavy atom. The molecule has 126 valence electrons. The number of aliphatic imine (C=N–C) groups is 1. The Hall–Kier alpha value is -0.510. The van der Waals surface area contributed by atoms with Crippen molar-refractivity contribution in [2.45, 2.75) is 44.3 Å². The summed E-state index contributed by atoms with van der Waals surface area (Å²) in [6.07, 6.45) is 3.34. The van der Waals surface area contributed by atoms with E-state index in [0.717, 1.165) is 24.9 Å². The molecule has 1 fully saturated rings. The van der Waals surface area contributed by atoms with Crippen LogP contribution in [0.2, 0.25) is 0 Å². The average Bonchev–Trinajstić information content (AvgIpc) is 3.13. The second-order valence-corrected chi connectivity index (χ2v) is 6.87. The van der Waals surface area contributed by atoms with Crippen LogP contribution in [0.1, 0.15) is 44.3 Å². The number of thioether (sulfide) groups is 1. The summed E-state index contributed by atoms with van der Waals surface area (Å²) in [5.41, 5.74) is 0. The smallest absolute Gasteiger partial charge is 0.228 e. The summed E-state index contributed by atoms with van der Waals surface area (Å²) >= 11 is 2.04. The van der Waals surface area contributed by atoms with Gasteiger partial charge >= 0.3 is 0 Å². The zero-order valence-corrected chi connectivity index (χ0v) is 16.6. The minimum atomic E-state index is 0. The van der Waals surface area contributed by atoms with E-state index < -0.39 is 0 Å². The maximum absolute atomic E-state index is 5.22. The molecule has 1 aliphatic rings. The minimum absolute atomic E-state index is 0. The van der Waals surface area contributed by atoms with Crippen molar-refractivity contribution in [1.29, 1.82) is 0 Å². The summed E-state index contributed by atoms with van der Waals surface area (Å²) in [5.74, 6) is 3.87. The number of halogens is 1. The third-order valence-electron chi connectivity index (χ3n) is 3.38. The first kappa shape index (κ1) is 19.5. The Balaban J connectivity index is 0.00000242. The molecule has 2 rings (SSSR count). The Morgan fingerprint density at radius 3 is 2.86 bits per heavy atom. The van der Waals surface area contributed by atoms with Crippen molar-refractivity contribution in [3.63, 3.8) is 0 Å². The van der Waals surface area contributed by atoms with Gasteiger partial charge in [-0.3, -0.25) is 4.99 Å². The molecule has 22 heavy (non-hydrogen) atoms. The quantitative estimate of drug-likeness (QED) is 0.403. The highest BCUT2D eigenvalue weighted by atomic mass is 127. The molecule has 0 amide bonds. The van der Waals surface area contributed by atoms with Crippen molar-refractivity contribution in [3.05, 3.63) is 11.7 Å². The van der Waals surface area contributed by atoms with Crippen LogP contribution in [0.5, 0.6) is 0 Å². The molecule has 8 heteroatoms. The molecule has 0 aromatic carbocycles. The van der Waals surface area contributed by atoms with E-state index >= 15 is 0 Å². The van der Waals surface area contributed by atoms with E-state index in [9.17, 15) is 0 Å². The average molecular weight is 439 g/mol. The van der Waals surface area contributed by atoms with Crippen LogP contribution in [0.25, 0.3) is 0 Å². The van der Waals surface area contributed by atoms with E-state index in [2.05, 4.69) is 39.6 Å². The lowest BCUT2D eigenvalue weighted by molar-refractivity contribution is 0.371. The zero-order chi connectivity index (χ0) is 15.1. The third kappa shape index (κ3) is 6.31. The molecule has 1 aromatic rings. The minimum Gasteiger partial charge on any atom is -0.356 e. The van der Waals surface area contributed by atoms with Crippen LogP contribution in [-0.4, -0.2) is 47.2 Å². The molecule has 1 saturated heterocycles. The van der Waals surface area contributed by atoms with Crippen LogP contribution in [0.15, 0.2) is 9.52 Å². The highest BCUT2D eigenvalue weighted by Crippen LogP contribution is 2.25. The van der Waals surface area contributed by atoms with Gasteiger partial charge in [-0.1, -0.05) is 19.0 Å². The number of hydrogen-bond acceptors (Lipinski definition) is 5. The van der Waals surface area contributed by atoms with Gasteiger partial charge in [-0.05, 0) is 18.6 Å². The van der Waals surface area contributed by atoms with Gasteiger partial charge in [-0.15, -0.1) is 24.0 Å². The zero-order valence-electron chi connectivity index (χ0n) is 13.5. The van der Waals surface area contributed by atoms with Gasteiger partial charge in [0.05, 0.1) is 0 Å². The van der Waals surface area contributed by atoms with Crippen LogP contribution >= 0.6 is 35.7 Å². The Kier molecular flexibility index (Phi) is 9.15. The first-order valence-electron chi connectivity index (χ1n) is 7.57. The van der Waals surface area contributed by atoms with Gasteiger partial charge in [0.2, 0.25) is 5.89 Å². The molecule has 0 radical (unpaired) electrons. The summed E-state index contributed by atoms with van der Waals surface area (Å²) in [6, 6.07) is 0. The van der Waals surface area contributed by atoms with E-state index in [1.54, 1.807) is 7.05 Å². The highest BCUT2D eigenvalue weighted by molar-refractivity contribution is 14.0. The second-order valence-electron chi connectivity index (χ2n) is 5.47. The van der Waals surface area contributed by atoms with Crippen LogP contribution in [0.3, 0.4) is 0 Å². The van der Waals surface area contributed by atoms with Crippen LogP contribution < -0.4 is 10.6 Å². The fraction of sp³-hybridized carbons (Fsp3) is 0.786. The molecular formula is C14H26IN5OS. The summed E-state index contributed by atoms with van der Waals surface area (Å²) in [6.45, 7) is 5.82. The summed E-state index contributed by atoms with van der Waals surface area (Å²) in [5, 5.41) is 11.3. The van der Waals surface area contributed by atoms with Crippen LogP contribution in [-0.2, 0) is 6.42 Å². The van der Waals surface area contributed by atoms with Gasteiger partial charge in [0.25, 0.3) is 0 Å². The van der Waals surface area contributed by atoms with Crippen LogP contribution in [0, 0.1) is 0 Å². The van der Waals surface area contributed by atoms with E-state index in [4.69, 9.17) is 4.52 Å². The first-order valence-corrected chi connectivity index (χ1v) is 8.62. The lowest BCUT2D eigenvalue weighted by Gasteiger charge is -2.14. The van der Waals surface area contributed by atoms with Crippen molar-refractivity contribution in [2.24, 2.45) is 4.99 Å². The van der Waals surface area contributed by atoms with Gasteiger partial charge in [-0.25, -0.2) is 0 Å². The molecular weight excluding hydrogens is 413 g/mol. The molecule has 1 aliphatic heterocycles. The van der Waals surface area contributed by atoms with Gasteiger partial charge in [0.15, 0.2) is 11.8 Å². The fourth-order valence-electron chi connectivity index (χ4n) is 2.13. The van der Waals surface area contributed by atoms with E-state index in [1.165, 1.54) is 18.6 Å². The monoisotopic (exact) mass is 439 g/mol. The third-order valence-corrected chi connectivity index (χ3v) is 4.77. The molecule has 2 heterocycles. The molecule has 6 nitrogen and oxygen atoms in total. The van der Waals surface area contributed by atoms with Gasteiger partial charge < -0.3 is 15.2 Å². The number of aromatic nitrogens is 2. The number of rotatable bonds is 6. The van der Waals surface area contributed by atoms with E-state index in [-0.39, 0.29) is 24.0 Å². The molecule has 1 unspecified atom stereocenters. The van der Waals surface area contributed by atoms with Gasteiger partial charge in [-0.2, -0.15) is 16.7 Å². The van der Waals surface area contributed by atoms with E-state index in [0.29, 0.717) is 23.5 Å². The highest BCUT2D eigenvalue weighted by Gasteiger charge is 2.15. The maximum Gasteiger partial charge on any atom is 0.228 e. The normalized spacial score (nSPS) is 18.4. The number of guanidine groups is 1. The molecule has 1 aromatic heterocycles. The number of nitrogens with zero attached hydrogens (tertiary/aromatic N) is 3. The van der Waals surface area contributed by atoms with Crippen molar-refractivity contribution in [1.82, 2.24) is 20.8 Å². The lowest BCUT2D eigenvalue weighted by atomic mass is 10.2.